The third kappa shape index (κ3) is 3.90. The van der Waals surface area contributed by atoms with Crippen LogP contribution in [0.25, 0.3) is 16.7 Å². The van der Waals surface area contributed by atoms with Gasteiger partial charge in [-0.3, -0.25) is 4.57 Å². The van der Waals surface area contributed by atoms with E-state index in [2.05, 4.69) is 34.9 Å². The van der Waals surface area contributed by atoms with Crippen molar-refractivity contribution in [1.29, 1.82) is 0 Å². The number of imidazole rings is 1. The Bertz CT molecular complexity index is 1400. The molecule has 7 heteroatoms. The molecule has 0 saturated carbocycles. The number of carboxylic acid groups (broad SMARTS) is 1. The number of hydrogen-bond donors (Lipinski definition) is 0. The third-order valence-corrected chi connectivity index (χ3v) is 6.72. The number of aliphatic carboxylic acids is 1. The first-order valence-corrected chi connectivity index (χ1v) is 11.2. The van der Waals surface area contributed by atoms with Gasteiger partial charge in [-0.1, -0.05) is 36.4 Å². The molecule has 0 amide bonds. The summed E-state index contributed by atoms with van der Waals surface area (Å²) < 4.78 is 14.2. The molecule has 0 spiro atoms. The maximum atomic E-state index is 11.0. The molecule has 0 aliphatic carbocycles. The van der Waals surface area contributed by atoms with E-state index in [1.807, 2.05) is 37.3 Å². The zero-order valence-electron chi connectivity index (χ0n) is 19.3. The number of hydrogen-bond acceptors (Lipinski definition) is 5. The number of benzene rings is 3. The van der Waals surface area contributed by atoms with Gasteiger partial charge in [0.2, 0.25) is 0 Å². The minimum atomic E-state index is -1.04. The van der Waals surface area contributed by atoms with Crippen molar-refractivity contribution in [3.05, 3.63) is 83.2 Å². The van der Waals surface area contributed by atoms with Gasteiger partial charge in [0.15, 0.2) is 0 Å². The van der Waals surface area contributed by atoms with Crippen molar-refractivity contribution >= 4 is 17.0 Å². The fourth-order valence-electron chi connectivity index (χ4n) is 5.19. The Morgan fingerprint density at radius 3 is 2.71 bits per heavy atom. The van der Waals surface area contributed by atoms with Crippen molar-refractivity contribution in [2.45, 2.75) is 31.6 Å². The molecule has 4 aromatic rings. The van der Waals surface area contributed by atoms with E-state index in [1.54, 1.807) is 0 Å². The van der Waals surface area contributed by atoms with E-state index >= 15 is 0 Å². The molecule has 6 rings (SSSR count). The molecule has 2 aliphatic rings. The molecule has 2 atom stereocenters. The summed E-state index contributed by atoms with van der Waals surface area (Å²) >= 11 is 0. The van der Waals surface area contributed by atoms with Crippen LogP contribution in [0.5, 0.6) is 11.5 Å². The quantitative estimate of drug-likeness (QED) is 0.408. The summed E-state index contributed by atoms with van der Waals surface area (Å²) in [6.45, 7) is 3.02. The number of nitrogens with zero attached hydrogens (tertiary/aromatic N) is 2. The van der Waals surface area contributed by atoms with Crippen molar-refractivity contribution in [3.63, 3.8) is 0 Å². The van der Waals surface area contributed by atoms with E-state index in [0.717, 1.165) is 51.6 Å². The maximum Gasteiger partial charge on any atom is 1.00 e. The summed E-state index contributed by atoms with van der Waals surface area (Å²) in [4.78, 5) is 15.7. The summed E-state index contributed by atoms with van der Waals surface area (Å²) in [5, 5.41) is 11.0. The zero-order valence-corrected chi connectivity index (χ0v) is 21.3. The van der Waals surface area contributed by atoms with E-state index in [1.165, 1.54) is 5.56 Å². The molecular formula is C27H23N2NaO4. The van der Waals surface area contributed by atoms with Gasteiger partial charge in [0.25, 0.3) is 0 Å². The Balaban J connectivity index is 0.00000241. The predicted molar refractivity (Wildman–Crippen MR) is 122 cm³/mol. The zero-order chi connectivity index (χ0) is 22.5. The molecule has 6 nitrogen and oxygen atoms in total. The largest absolute Gasteiger partial charge is 1.00 e. The van der Waals surface area contributed by atoms with Gasteiger partial charge in [0, 0.05) is 28.9 Å². The molecule has 0 saturated heterocycles. The van der Waals surface area contributed by atoms with Crippen molar-refractivity contribution in [1.82, 2.24) is 9.55 Å². The Morgan fingerprint density at radius 1 is 1.03 bits per heavy atom. The van der Waals surface area contributed by atoms with Gasteiger partial charge >= 0.3 is 29.6 Å². The van der Waals surface area contributed by atoms with Gasteiger partial charge in [-0.05, 0) is 49.6 Å². The van der Waals surface area contributed by atoms with Crippen molar-refractivity contribution < 1.29 is 48.9 Å². The van der Waals surface area contributed by atoms with Gasteiger partial charge in [0.1, 0.15) is 17.3 Å². The third-order valence-electron chi connectivity index (χ3n) is 6.72. The Morgan fingerprint density at radius 2 is 1.85 bits per heavy atom. The average molecular weight is 462 g/mol. The fraction of sp³-hybridized carbons (Fsp3) is 0.259. The van der Waals surface area contributed by atoms with E-state index in [9.17, 15) is 9.90 Å². The normalized spacial score (nSPS) is 18.0. The number of rotatable bonds is 5. The Labute approximate surface area is 219 Å². The average Bonchev–Trinajstić information content (AvgIpc) is 3.48. The van der Waals surface area contributed by atoms with Crippen molar-refractivity contribution in [3.8, 4) is 17.2 Å². The van der Waals surface area contributed by atoms with Crippen LogP contribution in [0.1, 0.15) is 40.8 Å². The molecule has 0 N–H and O–H groups in total. The van der Waals surface area contributed by atoms with Crippen LogP contribution in [-0.4, -0.2) is 28.7 Å². The number of fused-ring (bicyclic) bond motifs is 3. The Hall–Kier alpha value is -2.80. The van der Waals surface area contributed by atoms with Crippen LogP contribution >= 0.6 is 0 Å². The predicted octanol–water partition coefficient (Wildman–Crippen LogP) is 0.673. The molecule has 1 aromatic heterocycles. The van der Waals surface area contributed by atoms with Crippen LogP contribution in [0.15, 0.2) is 60.7 Å². The fourth-order valence-corrected chi connectivity index (χ4v) is 5.19. The summed E-state index contributed by atoms with van der Waals surface area (Å²) in [5.41, 5.74) is 6.36. The van der Waals surface area contributed by atoms with Gasteiger partial charge in [-0.25, -0.2) is 4.98 Å². The number of ether oxygens (including phenoxy) is 2. The second-order valence-corrected chi connectivity index (χ2v) is 8.85. The summed E-state index contributed by atoms with van der Waals surface area (Å²) in [6, 6.07) is 20.6. The van der Waals surface area contributed by atoms with Crippen LogP contribution in [0.4, 0.5) is 0 Å². The monoisotopic (exact) mass is 462 g/mol. The van der Waals surface area contributed by atoms with Gasteiger partial charge < -0.3 is 19.4 Å². The number of carboxylic acids is 1. The van der Waals surface area contributed by atoms with Crippen LogP contribution in [0, 0.1) is 6.92 Å². The smallest absolute Gasteiger partial charge is 0.550 e. The van der Waals surface area contributed by atoms with Gasteiger partial charge in [-0.15, -0.1) is 0 Å². The van der Waals surface area contributed by atoms with E-state index in [-0.39, 0.29) is 47.8 Å². The topological polar surface area (TPSA) is 76.4 Å². The summed E-state index contributed by atoms with van der Waals surface area (Å²) in [6.07, 6.45) is 0.809. The molecule has 166 valence electrons. The molecule has 3 heterocycles. The van der Waals surface area contributed by atoms with Crippen LogP contribution in [-0.2, 0) is 11.2 Å². The summed E-state index contributed by atoms with van der Waals surface area (Å²) in [7, 11) is 0. The maximum absolute atomic E-state index is 11.0. The SMILES string of the molecule is Cc1nc2ccccc2n1-c1cccc2c1OC[C@H]2Cc1ccc2c(c1)OC[C@H]2CC(=O)[O-].[Na+]. The second-order valence-electron chi connectivity index (χ2n) is 8.85. The van der Waals surface area contributed by atoms with Crippen molar-refractivity contribution in [2.75, 3.05) is 13.2 Å². The minimum absolute atomic E-state index is 0. The van der Waals surface area contributed by atoms with Crippen LogP contribution in [0.2, 0.25) is 0 Å². The number of aryl methyl sites for hydroxylation is 1. The first kappa shape index (κ1) is 23.0. The summed E-state index contributed by atoms with van der Waals surface area (Å²) in [5.74, 6) is 1.68. The standard InChI is InChI=1S/C27H24N2O4.Na/c1-16-28-22-6-2-3-7-23(22)29(16)24-8-4-5-21-18(15-33-27(21)24)11-17-9-10-20-19(13-26(30)31)14-32-25(20)12-17;/h2-10,12,18-19H,11,13-15H2,1H3,(H,30,31);/q;+1/p-1/t18-,19-;/m1./s1. The molecular weight excluding hydrogens is 439 g/mol. The molecule has 3 aromatic carbocycles. The number of carbonyl (C=O) groups excluding carboxylic acids is 1. The Kier molecular flexibility index (Phi) is 6.15. The second kappa shape index (κ2) is 9.10. The van der Waals surface area contributed by atoms with Gasteiger partial charge in [0.05, 0.1) is 29.9 Å². The number of carbonyl (C=O) groups is 1. The van der Waals surface area contributed by atoms with E-state index in [0.29, 0.717) is 13.2 Å². The van der Waals surface area contributed by atoms with Crippen molar-refractivity contribution in [2.24, 2.45) is 0 Å². The first-order valence-electron chi connectivity index (χ1n) is 11.2. The van der Waals surface area contributed by atoms with E-state index in [4.69, 9.17) is 14.5 Å². The number of aromatic nitrogens is 2. The number of para-hydroxylation sites is 3. The van der Waals surface area contributed by atoms with Crippen LogP contribution in [0.3, 0.4) is 0 Å². The molecule has 0 bridgehead atoms. The molecule has 34 heavy (non-hydrogen) atoms. The molecule has 0 fully saturated rings. The molecule has 2 aliphatic heterocycles. The molecule has 0 radical (unpaired) electrons. The molecule has 0 unspecified atom stereocenters. The first-order chi connectivity index (χ1) is 16.1. The van der Waals surface area contributed by atoms with Crippen LogP contribution < -0.4 is 44.1 Å². The van der Waals surface area contributed by atoms with E-state index < -0.39 is 5.97 Å². The minimum Gasteiger partial charge on any atom is -0.550 e. The van der Waals surface area contributed by atoms with Gasteiger partial charge in [-0.2, -0.15) is 0 Å².